The van der Waals surface area contributed by atoms with Gasteiger partial charge >= 0.3 is 5.97 Å². The van der Waals surface area contributed by atoms with Crippen molar-refractivity contribution in [3.8, 4) is 0 Å². The van der Waals surface area contributed by atoms with E-state index in [1.165, 1.54) is 44.9 Å². The monoisotopic (exact) mass is 253 g/mol. The van der Waals surface area contributed by atoms with E-state index in [-0.39, 0.29) is 6.54 Å². The number of carbonyl (C=O) groups is 1. The highest BCUT2D eigenvalue weighted by molar-refractivity contribution is 5.69. The molecule has 0 saturated heterocycles. The molecule has 0 radical (unpaired) electrons. The van der Waals surface area contributed by atoms with E-state index < -0.39 is 5.97 Å². The van der Waals surface area contributed by atoms with Crippen LogP contribution >= 0.6 is 0 Å². The van der Waals surface area contributed by atoms with Gasteiger partial charge in [-0.05, 0) is 43.9 Å². The van der Waals surface area contributed by atoms with Crippen molar-refractivity contribution in [2.75, 3.05) is 6.54 Å². The molecule has 1 N–H and O–H groups in total. The molecule has 0 aromatic heterocycles. The SMILES string of the molecule is CC(C)CC1CCCC(N(CC(=O)O)C2CC2)C1. The molecule has 2 aliphatic carbocycles. The Hall–Kier alpha value is -0.570. The van der Waals surface area contributed by atoms with Gasteiger partial charge < -0.3 is 5.11 Å². The first-order chi connectivity index (χ1) is 8.56. The third-order valence-corrected chi connectivity index (χ3v) is 4.36. The number of carboxylic acid groups (broad SMARTS) is 1. The lowest BCUT2D eigenvalue weighted by Crippen LogP contribution is -2.43. The maximum Gasteiger partial charge on any atom is 0.317 e. The van der Waals surface area contributed by atoms with Crippen molar-refractivity contribution in [3.63, 3.8) is 0 Å². The van der Waals surface area contributed by atoms with E-state index >= 15 is 0 Å². The van der Waals surface area contributed by atoms with Crippen LogP contribution in [0.3, 0.4) is 0 Å². The van der Waals surface area contributed by atoms with Crippen LogP contribution in [-0.2, 0) is 4.79 Å². The van der Waals surface area contributed by atoms with Crippen molar-refractivity contribution in [1.82, 2.24) is 4.90 Å². The van der Waals surface area contributed by atoms with E-state index in [9.17, 15) is 4.79 Å². The predicted octanol–water partition coefficient (Wildman–Crippen LogP) is 3.14. The number of nitrogens with zero attached hydrogens (tertiary/aromatic N) is 1. The average molecular weight is 253 g/mol. The summed E-state index contributed by atoms with van der Waals surface area (Å²) in [5, 5.41) is 9.06. The average Bonchev–Trinajstić information content (AvgIpc) is 3.09. The fourth-order valence-electron chi connectivity index (χ4n) is 3.56. The first kappa shape index (κ1) is 13.9. The second-order valence-corrected chi connectivity index (χ2v) is 6.61. The molecule has 2 aliphatic rings. The van der Waals surface area contributed by atoms with E-state index in [4.69, 9.17) is 5.11 Å². The third kappa shape index (κ3) is 3.98. The van der Waals surface area contributed by atoms with Crippen LogP contribution in [0.25, 0.3) is 0 Å². The first-order valence-electron chi connectivity index (χ1n) is 7.53. The molecule has 0 amide bonds. The Morgan fingerprint density at radius 3 is 2.50 bits per heavy atom. The summed E-state index contributed by atoms with van der Waals surface area (Å²) >= 11 is 0. The number of carboxylic acids is 1. The van der Waals surface area contributed by atoms with Crippen LogP contribution < -0.4 is 0 Å². The molecular formula is C15H27NO2. The van der Waals surface area contributed by atoms with Crippen molar-refractivity contribution in [2.45, 2.75) is 70.9 Å². The van der Waals surface area contributed by atoms with Gasteiger partial charge in [-0.3, -0.25) is 9.69 Å². The standard InChI is InChI=1S/C15H27NO2/c1-11(2)8-12-4-3-5-14(9-12)16(10-15(17)18)13-6-7-13/h11-14H,3-10H2,1-2H3,(H,17,18). The Morgan fingerprint density at radius 2 is 1.94 bits per heavy atom. The van der Waals surface area contributed by atoms with E-state index in [1.807, 2.05) is 0 Å². The summed E-state index contributed by atoms with van der Waals surface area (Å²) in [5.74, 6) is 0.925. The molecule has 3 nitrogen and oxygen atoms in total. The molecule has 2 unspecified atom stereocenters. The van der Waals surface area contributed by atoms with Gasteiger partial charge in [0.1, 0.15) is 0 Å². The fourth-order valence-corrected chi connectivity index (χ4v) is 3.56. The van der Waals surface area contributed by atoms with E-state index in [2.05, 4.69) is 18.7 Å². The number of aliphatic carboxylic acids is 1. The van der Waals surface area contributed by atoms with Gasteiger partial charge in [-0.15, -0.1) is 0 Å². The van der Waals surface area contributed by atoms with Gasteiger partial charge in [0.05, 0.1) is 6.54 Å². The van der Waals surface area contributed by atoms with Gasteiger partial charge in [-0.25, -0.2) is 0 Å². The van der Waals surface area contributed by atoms with Crippen LogP contribution in [0, 0.1) is 11.8 Å². The molecule has 2 fully saturated rings. The molecule has 0 heterocycles. The predicted molar refractivity (Wildman–Crippen MR) is 72.6 cm³/mol. The number of rotatable bonds is 6. The van der Waals surface area contributed by atoms with Crippen LogP contribution in [0.5, 0.6) is 0 Å². The third-order valence-electron chi connectivity index (χ3n) is 4.36. The smallest absolute Gasteiger partial charge is 0.317 e. The lowest BCUT2D eigenvalue weighted by Gasteiger charge is -2.37. The second-order valence-electron chi connectivity index (χ2n) is 6.61. The molecule has 2 rings (SSSR count). The zero-order valence-corrected chi connectivity index (χ0v) is 11.8. The van der Waals surface area contributed by atoms with Gasteiger partial charge in [0.15, 0.2) is 0 Å². The quantitative estimate of drug-likeness (QED) is 0.790. The molecule has 2 atom stereocenters. The van der Waals surface area contributed by atoms with Crippen LogP contribution in [0.2, 0.25) is 0 Å². The molecule has 0 bridgehead atoms. The summed E-state index contributed by atoms with van der Waals surface area (Å²) in [6.45, 7) is 4.84. The highest BCUT2D eigenvalue weighted by atomic mass is 16.4. The van der Waals surface area contributed by atoms with Crippen LogP contribution in [-0.4, -0.2) is 34.6 Å². The number of hydrogen-bond donors (Lipinski definition) is 1. The summed E-state index contributed by atoms with van der Waals surface area (Å²) in [4.78, 5) is 13.3. The van der Waals surface area contributed by atoms with Crippen LogP contribution in [0.4, 0.5) is 0 Å². The maximum atomic E-state index is 11.0. The lowest BCUT2D eigenvalue weighted by molar-refractivity contribution is -0.139. The van der Waals surface area contributed by atoms with Crippen molar-refractivity contribution in [2.24, 2.45) is 11.8 Å². The Kier molecular flexibility index (Phi) is 4.66. The highest BCUT2D eigenvalue weighted by Gasteiger charge is 2.37. The molecule has 0 aromatic rings. The van der Waals surface area contributed by atoms with Gasteiger partial charge in [0.2, 0.25) is 0 Å². The lowest BCUT2D eigenvalue weighted by atomic mass is 9.80. The summed E-state index contributed by atoms with van der Waals surface area (Å²) in [6, 6.07) is 1.11. The molecular weight excluding hydrogens is 226 g/mol. The van der Waals surface area contributed by atoms with E-state index in [0.29, 0.717) is 12.1 Å². The molecule has 0 aromatic carbocycles. The minimum absolute atomic E-state index is 0.254. The van der Waals surface area contributed by atoms with Gasteiger partial charge in [0.25, 0.3) is 0 Å². The van der Waals surface area contributed by atoms with Crippen molar-refractivity contribution >= 4 is 5.97 Å². The fraction of sp³-hybridized carbons (Fsp3) is 0.933. The largest absolute Gasteiger partial charge is 0.480 e. The zero-order valence-electron chi connectivity index (χ0n) is 11.8. The first-order valence-corrected chi connectivity index (χ1v) is 7.53. The molecule has 0 aliphatic heterocycles. The van der Waals surface area contributed by atoms with E-state index in [0.717, 1.165) is 11.8 Å². The Labute approximate surface area is 111 Å². The van der Waals surface area contributed by atoms with Gasteiger partial charge in [0, 0.05) is 12.1 Å². The summed E-state index contributed by atoms with van der Waals surface area (Å²) in [7, 11) is 0. The minimum Gasteiger partial charge on any atom is -0.480 e. The molecule has 18 heavy (non-hydrogen) atoms. The summed E-state index contributed by atoms with van der Waals surface area (Å²) in [6.07, 6.45) is 8.78. The zero-order chi connectivity index (χ0) is 13.1. The van der Waals surface area contributed by atoms with Crippen LogP contribution in [0.1, 0.15) is 58.8 Å². The van der Waals surface area contributed by atoms with Gasteiger partial charge in [-0.1, -0.05) is 26.7 Å². The Bertz CT molecular complexity index is 286. The van der Waals surface area contributed by atoms with Gasteiger partial charge in [-0.2, -0.15) is 0 Å². The molecule has 2 saturated carbocycles. The van der Waals surface area contributed by atoms with Crippen molar-refractivity contribution in [1.29, 1.82) is 0 Å². The second kappa shape index (κ2) is 6.05. The number of hydrogen-bond acceptors (Lipinski definition) is 2. The maximum absolute atomic E-state index is 11.0. The van der Waals surface area contributed by atoms with Crippen LogP contribution in [0.15, 0.2) is 0 Å². The summed E-state index contributed by atoms with van der Waals surface area (Å²) in [5.41, 5.74) is 0. The van der Waals surface area contributed by atoms with Crippen molar-refractivity contribution < 1.29 is 9.90 Å². The Balaban J connectivity index is 1.90. The minimum atomic E-state index is -0.659. The molecule has 0 spiro atoms. The molecule has 104 valence electrons. The Morgan fingerprint density at radius 1 is 1.22 bits per heavy atom. The summed E-state index contributed by atoms with van der Waals surface area (Å²) < 4.78 is 0. The highest BCUT2D eigenvalue weighted by Crippen LogP contribution is 2.37. The normalized spacial score (nSPS) is 28.9. The van der Waals surface area contributed by atoms with Crippen molar-refractivity contribution in [3.05, 3.63) is 0 Å². The molecule has 3 heteroatoms. The topological polar surface area (TPSA) is 40.5 Å². The van der Waals surface area contributed by atoms with E-state index in [1.54, 1.807) is 0 Å².